The van der Waals surface area contributed by atoms with Crippen LogP contribution in [0.15, 0.2) is 46.0 Å². The van der Waals surface area contributed by atoms with E-state index in [-0.39, 0.29) is 0 Å². The fourth-order valence-electron chi connectivity index (χ4n) is 0.940. The molecule has 2 heteroatoms. The maximum absolute atomic E-state index is 2.23. The van der Waals surface area contributed by atoms with E-state index in [9.17, 15) is 0 Å². The number of benzene rings is 1. The van der Waals surface area contributed by atoms with Gasteiger partial charge in [0.25, 0.3) is 0 Å². The Hall–Kier alpha value is -0.340. The normalized spacial score (nSPS) is 10.9. The minimum absolute atomic E-state index is 1.24. The summed E-state index contributed by atoms with van der Waals surface area (Å²) in [6.07, 6.45) is 2.59. The molecule has 0 atom stereocenters. The van der Waals surface area contributed by atoms with Crippen LogP contribution in [0.2, 0.25) is 0 Å². The van der Waals surface area contributed by atoms with E-state index in [4.69, 9.17) is 0 Å². The van der Waals surface area contributed by atoms with Crippen molar-refractivity contribution in [3.63, 3.8) is 0 Å². The summed E-state index contributed by atoms with van der Waals surface area (Å²) in [6.45, 7) is 2.23. The molecule has 0 aromatic heterocycles. The van der Waals surface area contributed by atoms with Gasteiger partial charge < -0.3 is 0 Å². The van der Waals surface area contributed by atoms with Gasteiger partial charge in [-0.2, -0.15) is 0 Å². The number of hydrogen-bond donors (Lipinski definition) is 0. The number of thioether (sulfide) groups is 2. The molecule has 0 saturated heterocycles. The van der Waals surface area contributed by atoms with E-state index < -0.39 is 0 Å². The fourth-order valence-corrected chi connectivity index (χ4v) is 2.54. The number of unbranched alkanes of at least 4 members (excludes halogenated alkanes) is 1. The molecule has 0 aliphatic heterocycles. The first-order valence-corrected chi connectivity index (χ1v) is 6.84. The lowest BCUT2D eigenvalue weighted by Crippen LogP contribution is -1.72. The van der Waals surface area contributed by atoms with Gasteiger partial charge in [-0.3, -0.25) is 0 Å². The minimum Gasteiger partial charge on any atom is -0.134 e. The molecule has 0 fully saturated rings. The van der Waals surface area contributed by atoms with Gasteiger partial charge in [0.2, 0.25) is 0 Å². The van der Waals surface area contributed by atoms with Crippen LogP contribution < -0.4 is 0 Å². The molecule has 0 spiro atoms. The Labute approximate surface area is 95.2 Å². The van der Waals surface area contributed by atoms with Crippen LogP contribution in [-0.2, 0) is 0 Å². The molecule has 0 aliphatic carbocycles. The average Bonchev–Trinajstić information content (AvgIpc) is 2.25. The predicted octanol–water partition coefficient (Wildman–Crippen LogP) is 4.78. The molecule has 1 aromatic carbocycles. The molecule has 1 aromatic rings. The van der Waals surface area contributed by atoms with Crippen LogP contribution in [0.3, 0.4) is 0 Å². The summed E-state index contributed by atoms with van der Waals surface area (Å²) >= 11 is 3.67. The van der Waals surface area contributed by atoms with Crippen molar-refractivity contribution >= 4 is 23.5 Å². The number of rotatable bonds is 6. The molecule has 14 heavy (non-hydrogen) atoms. The van der Waals surface area contributed by atoms with Crippen molar-refractivity contribution in [1.29, 1.82) is 0 Å². The first-order valence-electron chi connectivity index (χ1n) is 4.92. The zero-order valence-electron chi connectivity index (χ0n) is 8.48. The van der Waals surface area contributed by atoms with Gasteiger partial charge in [-0.05, 0) is 35.1 Å². The highest BCUT2D eigenvalue weighted by atomic mass is 32.2. The van der Waals surface area contributed by atoms with E-state index in [1.54, 1.807) is 11.8 Å². The molecule has 0 saturated carbocycles. The number of hydrogen-bond acceptors (Lipinski definition) is 2. The third-order valence-corrected chi connectivity index (χ3v) is 3.56. The van der Waals surface area contributed by atoms with Crippen LogP contribution in [0.25, 0.3) is 0 Å². The monoisotopic (exact) mass is 224 g/mol. The fraction of sp³-hybridized carbons (Fsp3) is 0.333. The summed E-state index contributed by atoms with van der Waals surface area (Å²) in [6, 6.07) is 10.4. The van der Waals surface area contributed by atoms with Gasteiger partial charge >= 0.3 is 0 Å². The second kappa shape index (κ2) is 8.01. The van der Waals surface area contributed by atoms with Crippen molar-refractivity contribution < 1.29 is 0 Å². The molecule has 0 radical (unpaired) electrons. The van der Waals surface area contributed by atoms with Crippen molar-refractivity contribution in [3.8, 4) is 0 Å². The van der Waals surface area contributed by atoms with Crippen molar-refractivity contribution in [2.45, 2.75) is 24.7 Å². The van der Waals surface area contributed by atoms with E-state index >= 15 is 0 Å². The van der Waals surface area contributed by atoms with Gasteiger partial charge in [0.05, 0.1) is 0 Å². The van der Waals surface area contributed by atoms with E-state index in [2.05, 4.69) is 42.0 Å². The summed E-state index contributed by atoms with van der Waals surface area (Å²) < 4.78 is 0. The summed E-state index contributed by atoms with van der Waals surface area (Å²) in [5.41, 5.74) is 0. The third kappa shape index (κ3) is 5.40. The molecule has 0 unspecified atom stereocenters. The van der Waals surface area contributed by atoms with Crippen LogP contribution in [0.5, 0.6) is 0 Å². The molecular weight excluding hydrogens is 208 g/mol. The Morgan fingerprint density at radius 2 is 1.93 bits per heavy atom. The highest BCUT2D eigenvalue weighted by Gasteiger charge is 1.86. The van der Waals surface area contributed by atoms with Gasteiger partial charge in [-0.1, -0.05) is 43.3 Å². The van der Waals surface area contributed by atoms with E-state index in [0.29, 0.717) is 0 Å². The zero-order valence-corrected chi connectivity index (χ0v) is 10.1. The topological polar surface area (TPSA) is 0 Å². The molecular formula is C12H16S2. The van der Waals surface area contributed by atoms with Crippen molar-refractivity contribution in [2.24, 2.45) is 0 Å². The predicted molar refractivity (Wildman–Crippen MR) is 68.8 cm³/mol. The Morgan fingerprint density at radius 1 is 1.14 bits per heavy atom. The lowest BCUT2D eigenvalue weighted by Gasteiger charge is -1.94. The van der Waals surface area contributed by atoms with Crippen molar-refractivity contribution in [1.82, 2.24) is 0 Å². The SMILES string of the molecule is CCCCSC=CSc1ccccc1. The molecule has 0 heterocycles. The van der Waals surface area contributed by atoms with E-state index in [1.807, 2.05) is 17.8 Å². The van der Waals surface area contributed by atoms with Crippen LogP contribution in [0, 0.1) is 0 Å². The highest BCUT2D eigenvalue weighted by Crippen LogP contribution is 2.19. The lowest BCUT2D eigenvalue weighted by atomic mass is 10.4. The van der Waals surface area contributed by atoms with Gasteiger partial charge in [0, 0.05) is 4.90 Å². The quantitative estimate of drug-likeness (QED) is 0.503. The Kier molecular flexibility index (Phi) is 6.71. The first kappa shape index (κ1) is 11.7. The standard InChI is InChI=1S/C12H16S2/c1-2-3-9-13-10-11-14-12-7-5-4-6-8-12/h4-8,10-11H,2-3,9H2,1H3. The van der Waals surface area contributed by atoms with Crippen LogP contribution in [0.4, 0.5) is 0 Å². The van der Waals surface area contributed by atoms with Gasteiger partial charge in [-0.15, -0.1) is 11.8 Å². The summed E-state index contributed by atoms with van der Waals surface area (Å²) in [5, 5.41) is 4.35. The average molecular weight is 224 g/mol. The van der Waals surface area contributed by atoms with Gasteiger partial charge in [0.15, 0.2) is 0 Å². The summed E-state index contributed by atoms with van der Waals surface area (Å²) in [7, 11) is 0. The zero-order chi connectivity index (χ0) is 10.1. The Bertz CT molecular complexity index is 254. The van der Waals surface area contributed by atoms with E-state index in [0.717, 1.165) is 0 Å². The van der Waals surface area contributed by atoms with Crippen LogP contribution >= 0.6 is 23.5 Å². The molecule has 0 amide bonds. The second-order valence-corrected chi connectivity index (χ2v) is 4.92. The minimum atomic E-state index is 1.24. The van der Waals surface area contributed by atoms with Gasteiger partial charge in [-0.25, -0.2) is 0 Å². The molecule has 0 nitrogen and oxygen atoms in total. The van der Waals surface area contributed by atoms with Crippen LogP contribution in [0.1, 0.15) is 19.8 Å². The van der Waals surface area contributed by atoms with Gasteiger partial charge in [0.1, 0.15) is 0 Å². The van der Waals surface area contributed by atoms with Crippen molar-refractivity contribution in [2.75, 3.05) is 5.75 Å². The molecule has 0 aliphatic rings. The smallest absolute Gasteiger partial charge is 0.0116 e. The summed E-state index contributed by atoms with van der Waals surface area (Å²) in [4.78, 5) is 1.31. The molecule has 76 valence electrons. The maximum Gasteiger partial charge on any atom is 0.0116 e. The highest BCUT2D eigenvalue weighted by molar-refractivity contribution is 8.05. The third-order valence-electron chi connectivity index (χ3n) is 1.71. The molecule has 1 rings (SSSR count). The van der Waals surface area contributed by atoms with Crippen LogP contribution in [-0.4, -0.2) is 5.75 Å². The largest absolute Gasteiger partial charge is 0.134 e. The van der Waals surface area contributed by atoms with E-state index in [1.165, 1.54) is 23.5 Å². The second-order valence-electron chi connectivity index (χ2n) is 2.93. The Morgan fingerprint density at radius 3 is 2.64 bits per heavy atom. The summed E-state index contributed by atoms with van der Waals surface area (Å²) in [5.74, 6) is 1.24. The molecule has 0 bridgehead atoms. The maximum atomic E-state index is 2.23. The lowest BCUT2D eigenvalue weighted by molar-refractivity contribution is 0.898. The van der Waals surface area contributed by atoms with Crippen molar-refractivity contribution in [3.05, 3.63) is 41.1 Å². The Balaban J connectivity index is 2.14. The molecule has 0 N–H and O–H groups in total. The first-order chi connectivity index (χ1) is 6.93.